The molecular weight excluding hydrogens is 254 g/mol. The Labute approximate surface area is 115 Å². The highest BCUT2D eigenvalue weighted by Crippen LogP contribution is 2.19. The number of nitrogens with zero attached hydrogens (tertiary/aromatic N) is 3. The number of hydrogen-bond acceptors (Lipinski definition) is 4. The van der Waals surface area contributed by atoms with E-state index in [0.717, 1.165) is 5.56 Å². The van der Waals surface area contributed by atoms with Crippen LogP contribution in [0.2, 0.25) is 0 Å². The van der Waals surface area contributed by atoms with E-state index < -0.39 is 0 Å². The molecule has 0 bridgehead atoms. The molecule has 0 saturated carbocycles. The van der Waals surface area contributed by atoms with Crippen molar-refractivity contribution in [1.29, 1.82) is 0 Å². The highest BCUT2D eigenvalue weighted by Gasteiger charge is 2.13. The number of hydrogen-bond donors (Lipinski definition) is 2. The summed E-state index contributed by atoms with van der Waals surface area (Å²) in [6.45, 7) is 1.91. The lowest BCUT2D eigenvalue weighted by Gasteiger charge is -2.08. The standard InChI is InChI=1S/C14H13N5O/c1-9-2-3-10(15)6-12(9)18-14(20)11-7-17-19-5-4-16-8-13(11)19/h2-8H,15H2,1H3,(H,18,20). The first-order chi connectivity index (χ1) is 9.65. The number of anilines is 2. The molecule has 0 spiro atoms. The van der Waals surface area contributed by atoms with Crippen LogP contribution in [0.1, 0.15) is 15.9 Å². The molecule has 20 heavy (non-hydrogen) atoms. The van der Waals surface area contributed by atoms with Gasteiger partial charge in [0.25, 0.3) is 5.91 Å². The van der Waals surface area contributed by atoms with Gasteiger partial charge in [-0.15, -0.1) is 0 Å². The Morgan fingerprint density at radius 2 is 2.20 bits per heavy atom. The fourth-order valence-electron chi connectivity index (χ4n) is 1.97. The third kappa shape index (κ3) is 2.07. The number of fused-ring (bicyclic) bond motifs is 1. The Kier molecular flexibility index (Phi) is 2.83. The SMILES string of the molecule is Cc1ccc(N)cc1NC(=O)c1cnn2ccncc12. The lowest BCUT2D eigenvalue weighted by atomic mass is 10.1. The van der Waals surface area contributed by atoms with E-state index in [0.29, 0.717) is 22.5 Å². The maximum Gasteiger partial charge on any atom is 0.259 e. The van der Waals surface area contributed by atoms with Gasteiger partial charge < -0.3 is 11.1 Å². The molecule has 6 heteroatoms. The van der Waals surface area contributed by atoms with Gasteiger partial charge in [0.05, 0.1) is 23.5 Å². The van der Waals surface area contributed by atoms with Crippen LogP contribution in [-0.4, -0.2) is 20.5 Å². The van der Waals surface area contributed by atoms with Gasteiger partial charge in [-0.25, -0.2) is 4.52 Å². The van der Waals surface area contributed by atoms with Gasteiger partial charge >= 0.3 is 0 Å². The normalized spacial score (nSPS) is 10.7. The van der Waals surface area contributed by atoms with Gasteiger partial charge in [-0.2, -0.15) is 5.10 Å². The molecule has 2 aromatic heterocycles. The molecule has 0 saturated heterocycles. The van der Waals surface area contributed by atoms with Crippen LogP contribution in [0.25, 0.3) is 5.52 Å². The first-order valence-electron chi connectivity index (χ1n) is 6.10. The molecule has 1 aromatic carbocycles. The van der Waals surface area contributed by atoms with Gasteiger partial charge in [0, 0.05) is 23.8 Å². The molecule has 6 nitrogen and oxygen atoms in total. The molecule has 0 fully saturated rings. The summed E-state index contributed by atoms with van der Waals surface area (Å²) in [6.07, 6.45) is 6.43. The number of carbonyl (C=O) groups is 1. The number of rotatable bonds is 2. The van der Waals surface area contributed by atoms with E-state index in [-0.39, 0.29) is 5.91 Å². The second-order valence-corrected chi connectivity index (χ2v) is 4.49. The number of aromatic nitrogens is 3. The first kappa shape index (κ1) is 12.2. The zero-order valence-corrected chi connectivity index (χ0v) is 10.9. The minimum absolute atomic E-state index is 0.235. The van der Waals surface area contributed by atoms with Crippen LogP contribution in [0, 0.1) is 6.92 Å². The highest BCUT2D eigenvalue weighted by atomic mass is 16.1. The van der Waals surface area contributed by atoms with Crippen molar-refractivity contribution in [1.82, 2.24) is 14.6 Å². The number of benzene rings is 1. The fraction of sp³-hybridized carbons (Fsp3) is 0.0714. The molecule has 3 N–H and O–H groups in total. The van der Waals surface area contributed by atoms with Crippen molar-refractivity contribution in [3.63, 3.8) is 0 Å². The Morgan fingerprint density at radius 3 is 3.05 bits per heavy atom. The van der Waals surface area contributed by atoms with Crippen molar-refractivity contribution in [2.24, 2.45) is 0 Å². The summed E-state index contributed by atoms with van der Waals surface area (Å²) in [5.74, 6) is -0.235. The predicted octanol–water partition coefficient (Wildman–Crippen LogP) is 1.87. The molecule has 100 valence electrons. The van der Waals surface area contributed by atoms with Crippen LogP contribution in [-0.2, 0) is 0 Å². The first-order valence-corrected chi connectivity index (χ1v) is 6.10. The maximum absolute atomic E-state index is 12.3. The number of nitrogens with one attached hydrogen (secondary N) is 1. The third-order valence-corrected chi connectivity index (χ3v) is 3.08. The monoisotopic (exact) mass is 267 g/mol. The summed E-state index contributed by atoms with van der Waals surface area (Å²) >= 11 is 0. The van der Waals surface area contributed by atoms with Crippen LogP contribution >= 0.6 is 0 Å². The Morgan fingerprint density at radius 1 is 1.35 bits per heavy atom. The van der Waals surface area contributed by atoms with E-state index in [1.165, 1.54) is 6.20 Å². The predicted molar refractivity (Wildman–Crippen MR) is 76.5 cm³/mol. The Balaban J connectivity index is 1.95. The molecule has 0 atom stereocenters. The van der Waals surface area contributed by atoms with Crippen molar-refractivity contribution in [3.8, 4) is 0 Å². The van der Waals surface area contributed by atoms with Crippen LogP contribution in [0.5, 0.6) is 0 Å². The molecule has 0 aliphatic rings. The molecule has 1 amide bonds. The van der Waals surface area contributed by atoms with Crippen molar-refractivity contribution >= 4 is 22.8 Å². The van der Waals surface area contributed by atoms with Gasteiger partial charge in [0.15, 0.2) is 0 Å². The molecule has 0 radical (unpaired) electrons. The van der Waals surface area contributed by atoms with Crippen molar-refractivity contribution in [2.75, 3.05) is 11.1 Å². The van der Waals surface area contributed by atoms with Gasteiger partial charge in [-0.3, -0.25) is 9.78 Å². The molecule has 0 aliphatic heterocycles. The van der Waals surface area contributed by atoms with Crippen LogP contribution in [0.15, 0.2) is 43.0 Å². The van der Waals surface area contributed by atoms with Crippen LogP contribution < -0.4 is 11.1 Å². The number of carbonyl (C=O) groups excluding carboxylic acids is 1. The van der Waals surface area contributed by atoms with Gasteiger partial charge in [-0.1, -0.05) is 6.07 Å². The summed E-state index contributed by atoms with van der Waals surface area (Å²) in [4.78, 5) is 16.3. The second-order valence-electron chi connectivity index (χ2n) is 4.49. The summed E-state index contributed by atoms with van der Waals surface area (Å²) in [6, 6.07) is 5.39. The topological polar surface area (TPSA) is 85.3 Å². The highest BCUT2D eigenvalue weighted by molar-refractivity contribution is 6.09. The Hall–Kier alpha value is -2.89. The smallest absolute Gasteiger partial charge is 0.259 e. The van der Waals surface area contributed by atoms with Crippen molar-refractivity contribution in [2.45, 2.75) is 6.92 Å². The summed E-state index contributed by atoms with van der Waals surface area (Å²) < 4.78 is 1.61. The number of amides is 1. The molecule has 0 unspecified atom stereocenters. The average Bonchev–Trinajstić information content (AvgIpc) is 2.87. The van der Waals surface area contributed by atoms with Crippen LogP contribution in [0.3, 0.4) is 0 Å². The molecule has 2 heterocycles. The maximum atomic E-state index is 12.3. The fourth-order valence-corrected chi connectivity index (χ4v) is 1.97. The largest absolute Gasteiger partial charge is 0.399 e. The number of aryl methyl sites for hydroxylation is 1. The molecule has 3 rings (SSSR count). The Bertz CT molecular complexity index is 793. The third-order valence-electron chi connectivity index (χ3n) is 3.08. The zero-order chi connectivity index (χ0) is 14.1. The molecule has 3 aromatic rings. The van der Waals surface area contributed by atoms with E-state index in [4.69, 9.17) is 5.73 Å². The van der Waals surface area contributed by atoms with Crippen molar-refractivity contribution in [3.05, 3.63) is 54.1 Å². The van der Waals surface area contributed by atoms with Gasteiger partial charge in [0.1, 0.15) is 0 Å². The summed E-state index contributed by atoms with van der Waals surface area (Å²) in [5.41, 5.74) is 9.11. The van der Waals surface area contributed by atoms with E-state index in [9.17, 15) is 4.79 Å². The van der Waals surface area contributed by atoms with E-state index in [1.807, 2.05) is 13.0 Å². The zero-order valence-electron chi connectivity index (χ0n) is 10.9. The van der Waals surface area contributed by atoms with Gasteiger partial charge in [-0.05, 0) is 24.6 Å². The lowest BCUT2D eigenvalue weighted by Crippen LogP contribution is -2.12. The second kappa shape index (κ2) is 4.65. The summed E-state index contributed by atoms with van der Waals surface area (Å²) in [5, 5.41) is 6.96. The summed E-state index contributed by atoms with van der Waals surface area (Å²) in [7, 11) is 0. The van der Waals surface area contributed by atoms with E-state index >= 15 is 0 Å². The number of nitrogen functional groups attached to an aromatic ring is 1. The lowest BCUT2D eigenvalue weighted by molar-refractivity contribution is 0.102. The van der Waals surface area contributed by atoms with Gasteiger partial charge in [0.2, 0.25) is 0 Å². The average molecular weight is 267 g/mol. The minimum atomic E-state index is -0.235. The van der Waals surface area contributed by atoms with E-state index in [2.05, 4.69) is 15.4 Å². The molecule has 0 aliphatic carbocycles. The van der Waals surface area contributed by atoms with Crippen LogP contribution in [0.4, 0.5) is 11.4 Å². The number of nitrogens with two attached hydrogens (primary N) is 1. The van der Waals surface area contributed by atoms with E-state index in [1.54, 1.807) is 35.2 Å². The quantitative estimate of drug-likeness (QED) is 0.694. The van der Waals surface area contributed by atoms with Crippen molar-refractivity contribution < 1.29 is 4.79 Å². The minimum Gasteiger partial charge on any atom is -0.399 e. The molecular formula is C14H13N5O.